The summed E-state index contributed by atoms with van der Waals surface area (Å²) >= 11 is 1.55. The van der Waals surface area contributed by atoms with Gasteiger partial charge < -0.3 is 9.64 Å². The molecule has 7 heteroatoms. The average Bonchev–Trinajstić information content (AvgIpc) is 3.12. The fourth-order valence-electron chi connectivity index (χ4n) is 2.74. The summed E-state index contributed by atoms with van der Waals surface area (Å²) in [6, 6.07) is 15.4. The van der Waals surface area contributed by atoms with Crippen molar-refractivity contribution in [3.8, 4) is 5.75 Å². The van der Waals surface area contributed by atoms with Crippen LogP contribution in [0.5, 0.6) is 5.75 Å². The third-order valence-electron chi connectivity index (χ3n) is 4.40. The van der Waals surface area contributed by atoms with Gasteiger partial charge in [0.05, 0.1) is 16.8 Å². The van der Waals surface area contributed by atoms with Gasteiger partial charge in [0.25, 0.3) is 5.91 Å². The molecule has 0 bridgehead atoms. The molecule has 5 nitrogen and oxygen atoms in total. The monoisotopic (exact) mass is 433 g/mol. The number of hydrogen-bond acceptors (Lipinski definition) is 5. The molecule has 0 N–H and O–H groups in total. The first-order valence-electron chi connectivity index (χ1n) is 9.63. The molecule has 2 aromatic carbocycles. The Morgan fingerprint density at radius 2 is 1.79 bits per heavy atom. The van der Waals surface area contributed by atoms with Crippen LogP contribution in [-0.4, -0.2) is 49.6 Å². The zero-order valence-electron chi connectivity index (χ0n) is 17.1. The topological polar surface area (TPSA) is 45.7 Å². The third kappa shape index (κ3) is 6.16. The van der Waals surface area contributed by atoms with E-state index in [4.69, 9.17) is 4.74 Å². The van der Waals surface area contributed by atoms with Crippen molar-refractivity contribution in [3.05, 3.63) is 54.1 Å². The van der Waals surface area contributed by atoms with Crippen LogP contribution in [0.1, 0.15) is 30.1 Å². The van der Waals surface area contributed by atoms with Crippen molar-refractivity contribution in [2.45, 2.75) is 19.8 Å². The number of anilines is 1. The molecule has 0 aliphatic carbocycles. The lowest BCUT2D eigenvalue weighted by molar-refractivity contribution is 0.0985. The van der Waals surface area contributed by atoms with Crippen LogP contribution >= 0.6 is 23.7 Å². The Morgan fingerprint density at radius 3 is 2.45 bits per heavy atom. The molecule has 29 heavy (non-hydrogen) atoms. The van der Waals surface area contributed by atoms with E-state index in [1.807, 2.05) is 62.6 Å². The summed E-state index contributed by atoms with van der Waals surface area (Å²) in [7, 11) is 4.01. The minimum Gasteiger partial charge on any atom is -0.494 e. The maximum absolute atomic E-state index is 13.2. The summed E-state index contributed by atoms with van der Waals surface area (Å²) in [6.45, 7) is 4.18. The van der Waals surface area contributed by atoms with Crippen LogP contribution in [0.2, 0.25) is 0 Å². The quantitative estimate of drug-likeness (QED) is 0.440. The second-order valence-corrected chi connectivity index (χ2v) is 7.96. The van der Waals surface area contributed by atoms with Crippen LogP contribution in [0.15, 0.2) is 48.5 Å². The number of carbonyl (C=O) groups is 1. The molecule has 0 saturated heterocycles. The van der Waals surface area contributed by atoms with Gasteiger partial charge in [-0.1, -0.05) is 36.8 Å². The lowest BCUT2D eigenvalue weighted by atomic mass is 10.2. The summed E-state index contributed by atoms with van der Waals surface area (Å²) in [5.74, 6) is 0.755. The van der Waals surface area contributed by atoms with E-state index in [0.717, 1.165) is 40.5 Å². The second kappa shape index (κ2) is 11.1. The predicted octanol–water partition coefficient (Wildman–Crippen LogP) is 5.11. The van der Waals surface area contributed by atoms with E-state index in [9.17, 15) is 4.79 Å². The smallest absolute Gasteiger partial charge is 0.260 e. The van der Waals surface area contributed by atoms with Gasteiger partial charge in [0.2, 0.25) is 0 Å². The number of amides is 1. The number of ether oxygens (including phenoxy) is 1. The number of fused-ring (bicyclic) bond motifs is 1. The molecule has 0 atom stereocenters. The summed E-state index contributed by atoms with van der Waals surface area (Å²) in [5.41, 5.74) is 1.56. The summed E-state index contributed by atoms with van der Waals surface area (Å²) in [4.78, 5) is 21.8. The van der Waals surface area contributed by atoms with Gasteiger partial charge in [-0.3, -0.25) is 9.69 Å². The Bertz CT molecular complexity index is 879. The van der Waals surface area contributed by atoms with E-state index in [1.54, 1.807) is 16.2 Å². The SMILES string of the molecule is CCCCOc1ccc(C(=O)N(CCN(C)C)c2nc3ccccc3s2)cc1.Cl. The Labute approximate surface area is 182 Å². The van der Waals surface area contributed by atoms with Crippen molar-refractivity contribution >= 4 is 45.0 Å². The van der Waals surface area contributed by atoms with Gasteiger partial charge in [-0.2, -0.15) is 0 Å². The average molecular weight is 434 g/mol. The van der Waals surface area contributed by atoms with E-state index in [1.165, 1.54) is 0 Å². The highest BCUT2D eigenvalue weighted by Gasteiger charge is 2.21. The molecule has 3 aromatic rings. The van der Waals surface area contributed by atoms with E-state index in [0.29, 0.717) is 18.7 Å². The van der Waals surface area contributed by atoms with Crippen molar-refractivity contribution in [3.63, 3.8) is 0 Å². The lowest BCUT2D eigenvalue weighted by Gasteiger charge is -2.22. The van der Waals surface area contributed by atoms with Crippen LogP contribution in [0.4, 0.5) is 5.13 Å². The number of likely N-dealkylation sites (N-methyl/N-ethyl adjacent to an activating group) is 1. The lowest BCUT2D eigenvalue weighted by Crippen LogP contribution is -2.36. The van der Waals surface area contributed by atoms with E-state index in [2.05, 4.69) is 16.8 Å². The molecule has 0 spiro atoms. The Kier molecular flexibility index (Phi) is 8.89. The fraction of sp³-hybridized carbons (Fsp3) is 0.364. The number of para-hydroxylation sites is 1. The summed E-state index contributed by atoms with van der Waals surface area (Å²) in [5, 5.41) is 0.733. The van der Waals surface area contributed by atoms with Crippen molar-refractivity contribution in [1.29, 1.82) is 0 Å². The highest BCUT2D eigenvalue weighted by Crippen LogP contribution is 2.29. The molecule has 156 valence electrons. The van der Waals surface area contributed by atoms with Gasteiger partial charge in [-0.25, -0.2) is 4.98 Å². The molecule has 0 unspecified atom stereocenters. The minimum atomic E-state index is -0.0407. The van der Waals surface area contributed by atoms with Crippen molar-refractivity contribution < 1.29 is 9.53 Å². The maximum atomic E-state index is 13.2. The first kappa shape index (κ1) is 23.1. The van der Waals surface area contributed by atoms with Crippen molar-refractivity contribution in [1.82, 2.24) is 9.88 Å². The zero-order chi connectivity index (χ0) is 19.9. The Balaban J connectivity index is 0.00000300. The number of hydrogen-bond donors (Lipinski definition) is 0. The maximum Gasteiger partial charge on any atom is 0.260 e. The molecule has 1 heterocycles. The van der Waals surface area contributed by atoms with Crippen LogP contribution < -0.4 is 9.64 Å². The molecule has 0 radical (unpaired) electrons. The molecule has 3 rings (SSSR count). The van der Waals surface area contributed by atoms with Crippen LogP contribution in [-0.2, 0) is 0 Å². The first-order valence-corrected chi connectivity index (χ1v) is 10.4. The van der Waals surface area contributed by atoms with Crippen LogP contribution in [0, 0.1) is 0 Å². The van der Waals surface area contributed by atoms with Gasteiger partial charge in [-0.15, -0.1) is 12.4 Å². The van der Waals surface area contributed by atoms with E-state index >= 15 is 0 Å². The van der Waals surface area contributed by atoms with Gasteiger partial charge in [0, 0.05) is 18.7 Å². The minimum absolute atomic E-state index is 0. The summed E-state index contributed by atoms with van der Waals surface area (Å²) < 4.78 is 6.79. The standard InChI is InChI=1S/C22H27N3O2S.ClH/c1-4-5-16-27-18-12-10-17(11-13-18)21(26)25(15-14-24(2)3)22-23-19-8-6-7-9-20(19)28-22;/h6-13H,4-5,14-16H2,1-3H3;1H. The molecule has 0 fully saturated rings. The van der Waals surface area contributed by atoms with E-state index < -0.39 is 0 Å². The largest absolute Gasteiger partial charge is 0.494 e. The predicted molar refractivity (Wildman–Crippen MR) is 124 cm³/mol. The molecule has 0 aliphatic heterocycles. The number of halogens is 1. The molecular formula is C22H28ClN3O2S. The first-order chi connectivity index (χ1) is 13.6. The molecule has 1 aromatic heterocycles. The van der Waals surface area contributed by atoms with Gasteiger partial charge >= 0.3 is 0 Å². The number of rotatable bonds is 9. The van der Waals surface area contributed by atoms with Crippen molar-refractivity contribution in [2.24, 2.45) is 0 Å². The van der Waals surface area contributed by atoms with Crippen LogP contribution in [0.25, 0.3) is 10.2 Å². The van der Waals surface area contributed by atoms with Crippen LogP contribution in [0.3, 0.4) is 0 Å². The fourth-order valence-corrected chi connectivity index (χ4v) is 3.73. The highest BCUT2D eigenvalue weighted by molar-refractivity contribution is 7.22. The molecule has 1 amide bonds. The van der Waals surface area contributed by atoms with Crippen molar-refractivity contribution in [2.75, 3.05) is 38.7 Å². The zero-order valence-corrected chi connectivity index (χ0v) is 18.8. The Morgan fingerprint density at radius 1 is 1.07 bits per heavy atom. The number of carbonyl (C=O) groups excluding carboxylic acids is 1. The molecule has 0 saturated carbocycles. The number of aromatic nitrogens is 1. The Hall–Kier alpha value is -2.15. The number of thiazole rings is 1. The second-order valence-electron chi connectivity index (χ2n) is 6.95. The van der Waals surface area contributed by atoms with E-state index in [-0.39, 0.29) is 18.3 Å². The van der Waals surface area contributed by atoms with Gasteiger partial charge in [0.1, 0.15) is 5.75 Å². The number of benzene rings is 2. The van der Waals surface area contributed by atoms with Gasteiger partial charge in [-0.05, 0) is 56.9 Å². The highest BCUT2D eigenvalue weighted by atomic mass is 35.5. The normalized spacial score (nSPS) is 10.8. The number of nitrogens with zero attached hydrogens (tertiary/aromatic N) is 3. The molecule has 0 aliphatic rings. The number of unbranched alkanes of at least 4 members (excludes halogenated alkanes) is 1. The van der Waals surface area contributed by atoms with Gasteiger partial charge in [0.15, 0.2) is 5.13 Å². The molecular weight excluding hydrogens is 406 g/mol. The summed E-state index contributed by atoms with van der Waals surface area (Å²) in [6.07, 6.45) is 2.12. The third-order valence-corrected chi connectivity index (χ3v) is 5.46.